The maximum Gasteiger partial charge on any atom is 0.0543 e. The van der Waals surface area contributed by atoms with Crippen LogP contribution in [0.4, 0.5) is 5.69 Å². The van der Waals surface area contributed by atoms with Crippen LogP contribution >= 0.6 is 15.9 Å². The van der Waals surface area contributed by atoms with E-state index in [1.54, 1.807) is 12.1 Å². The van der Waals surface area contributed by atoms with Gasteiger partial charge in [0.1, 0.15) is 0 Å². The van der Waals surface area contributed by atoms with Crippen LogP contribution < -0.4 is 5.73 Å². The first-order chi connectivity index (χ1) is 7.04. The van der Waals surface area contributed by atoms with Gasteiger partial charge in [0.25, 0.3) is 0 Å². The van der Waals surface area contributed by atoms with E-state index in [-0.39, 0.29) is 0 Å². The van der Waals surface area contributed by atoms with E-state index in [1.165, 1.54) is 0 Å². The molecular weight excluding hydrogens is 274 g/mol. The van der Waals surface area contributed by atoms with Gasteiger partial charge < -0.3 is 5.73 Å². The molecule has 0 amide bonds. The zero-order valence-electron chi connectivity index (χ0n) is 9.00. The molecule has 2 N–H and O–H groups in total. The molecule has 84 valence electrons. The Morgan fingerprint density at radius 2 is 2.20 bits per heavy atom. The maximum absolute atomic E-state index is 12.0. The maximum atomic E-state index is 12.0. The normalized spacial score (nSPS) is 14.9. The summed E-state index contributed by atoms with van der Waals surface area (Å²) in [6.07, 6.45) is 1.05. The first-order valence-electron chi connectivity index (χ1n) is 4.98. The molecule has 0 aliphatic rings. The van der Waals surface area contributed by atoms with Crippen molar-refractivity contribution in [1.82, 2.24) is 0 Å². The monoisotopic (exact) mass is 289 g/mol. The molecule has 0 saturated heterocycles. The first-order valence-corrected chi connectivity index (χ1v) is 7.09. The van der Waals surface area contributed by atoms with Crippen molar-refractivity contribution < 1.29 is 4.21 Å². The summed E-state index contributed by atoms with van der Waals surface area (Å²) in [5.41, 5.74) is 6.31. The predicted octanol–water partition coefficient (Wildman–Crippen LogP) is 3.19. The number of rotatable bonds is 4. The lowest BCUT2D eigenvalue weighted by Crippen LogP contribution is -2.07. The van der Waals surface area contributed by atoms with Crippen LogP contribution in [0.1, 0.15) is 20.3 Å². The Morgan fingerprint density at radius 3 is 2.73 bits per heavy atom. The van der Waals surface area contributed by atoms with Crippen molar-refractivity contribution in [2.24, 2.45) is 5.92 Å². The molecule has 0 spiro atoms. The highest BCUT2D eigenvalue weighted by Gasteiger charge is 2.11. The lowest BCUT2D eigenvalue weighted by atomic mass is 10.2. The third kappa shape index (κ3) is 3.61. The third-order valence-corrected chi connectivity index (χ3v) is 4.97. The summed E-state index contributed by atoms with van der Waals surface area (Å²) in [6.45, 7) is 4.23. The van der Waals surface area contributed by atoms with Gasteiger partial charge in [0.15, 0.2) is 0 Å². The number of hydrogen-bond acceptors (Lipinski definition) is 2. The molecule has 0 heterocycles. The van der Waals surface area contributed by atoms with E-state index in [1.807, 2.05) is 6.07 Å². The summed E-state index contributed by atoms with van der Waals surface area (Å²) >= 11 is 3.39. The van der Waals surface area contributed by atoms with Gasteiger partial charge in [-0.05, 0) is 40.0 Å². The summed E-state index contributed by atoms with van der Waals surface area (Å²) < 4.78 is 12.8. The summed E-state index contributed by atoms with van der Waals surface area (Å²) in [4.78, 5) is 0.838. The quantitative estimate of drug-likeness (QED) is 0.865. The zero-order chi connectivity index (χ0) is 11.4. The van der Waals surface area contributed by atoms with Crippen molar-refractivity contribution >= 4 is 32.4 Å². The molecule has 15 heavy (non-hydrogen) atoms. The minimum Gasteiger partial charge on any atom is -0.399 e. The Balaban J connectivity index is 2.82. The SMILES string of the molecule is CCC(C)CS(=O)c1ccc(N)cc1Br. The molecule has 1 rings (SSSR count). The van der Waals surface area contributed by atoms with Crippen LogP contribution in [0.25, 0.3) is 0 Å². The standard InChI is InChI=1S/C11H16BrNOS/c1-3-8(2)7-15(14)11-5-4-9(13)6-10(11)12/h4-6,8H,3,7,13H2,1-2H3. The Kier molecular flexibility index (Phi) is 4.80. The van der Waals surface area contributed by atoms with Gasteiger partial charge in [0.05, 0.1) is 15.7 Å². The molecule has 2 atom stereocenters. The van der Waals surface area contributed by atoms with Crippen molar-refractivity contribution in [2.75, 3.05) is 11.5 Å². The van der Waals surface area contributed by atoms with Crippen molar-refractivity contribution in [3.05, 3.63) is 22.7 Å². The second-order valence-corrected chi connectivity index (χ2v) is 6.03. The Labute approximate surface area is 102 Å². The summed E-state index contributed by atoms with van der Waals surface area (Å²) in [5.74, 6) is 1.19. The number of anilines is 1. The largest absolute Gasteiger partial charge is 0.399 e. The van der Waals surface area contributed by atoms with Gasteiger partial charge in [-0.2, -0.15) is 0 Å². The van der Waals surface area contributed by atoms with E-state index in [9.17, 15) is 4.21 Å². The first kappa shape index (κ1) is 12.7. The summed E-state index contributed by atoms with van der Waals surface area (Å²) in [6, 6.07) is 5.41. The number of benzene rings is 1. The lowest BCUT2D eigenvalue weighted by molar-refractivity contribution is 0.615. The smallest absolute Gasteiger partial charge is 0.0543 e. The average molecular weight is 290 g/mol. The molecule has 4 heteroatoms. The van der Waals surface area contributed by atoms with E-state index in [4.69, 9.17) is 5.73 Å². The number of nitrogens with two attached hydrogens (primary N) is 1. The molecular formula is C11H16BrNOS. The highest BCUT2D eigenvalue weighted by Crippen LogP contribution is 2.24. The van der Waals surface area contributed by atoms with E-state index in [0.717, 1.165) is 15.8 Å². The van der Waals surface area contributed by atoms with Crippen molar-refractivity contribution in [1.29, 1.82) is 0 Å². The topological polar surface area (TPSA) is 43.1 Å². The predicted molar refractivity (Wildman–Crippen MR) is 69.3 cm³/mol. The molecule has 2 unspecified atom stereocenters. The molecule has 2 nitrogen and oxygen atoms in total. The van der Waals surface area contributed by atoms with Crippen molar-refractivity contribution in [3.63, 3.8) is 0 Å². The molecule has 0 radical (unpaired) electrons. The van der Waals surface area contributed by atoms with Crippen LogP contribution in [0.15, 0.2) is 27.6 Å². The number of hydrogen-bond donors (Lipinski definition) is 1. The van der Waals surface area contributed by atoms with Gasteiger partial charge in [-0.1, -0.05) is 20.3 Å². The molecule has 0 bridgehead atoms. The zero-order valence-corrected chi connectivity index (χ0v) is 11.4. The van der Waals surface area contributed by atoms with Crippen LogP contribution in [0.2, 0.25) is 0 Å². The van der Waals surface area contributed by atoms with Gasteiger partial charge in [-0.25, -0.2) is 0 Å². The van der Waals surface area contributed by atoms with Crippen LogP contribution in [0.3, 0.4) is 0 Å². The number of nitrogen functional groups attached to an aromatic ring is 1. The fourth-order valence-corrected chi connectivity index (χ4v) is 3.53. The van der Waals surface area contributed by atoms with Crippen molar-refractivity contribution in [2.45, 2.75) is 25.2 Å². The molecule has 0 fully saturated rings. The minimum absolute atomic E-state index is 0.482. The van der Waals surface area contributed by atoms with Crippen LogP contribution in [0.5, 0.6) is 0 Å². The van der Waals surface area contributed by atoms with Gasteiger partial charge in [0.2, 0.25) is 0 Å². The highest BCUT2D eigenvalue weighted by molar-refractivity contribution is 9.10. The summed E-state index contributed by atoms with van der Waals surface area (Å²) in [7, 11) is -0.936. The third-order valence-electron chi connectivity index (χ3n) is 2.33. The molecule has 0 saturated carbocycles. The van der Waals surface area contributed by atoms with E-state index >= 15 is 0 Å². The van der Waals surface area contributed by atoms with Gasteiger partial charge >= 0.3 is 0 Å². The Morgan fingerprint density at radius 1 is 1.53 bits per heavy atom. The minimum atomic E-state index is -0.936. The number of halogens is 1. The molecule has 0 aromatic heterocycles. The Bertz CT molecular complexity index is 368. The van der Waals surface area contributed by atoms with E-state index in [2.05, 4.69) is 29.8 Å². The average Bonchev–Trinajstić information content (AvgIpc) is 2.17. The molecule has 1 aromatic rings. The van der Waals surface area contributed by atoms with Gasteiger partial charge in [-0.3, -0.25) is 4.21 Å². The second-order valence-electron chi connectivity index (χ2n) is 3.72. The van der Waals surface area contributed by atoms with Gasteiger partial charge in [-0.15, -0.1) is 0 Å². The fourth-order valence-electron chi connectivity index (χ4n) is 1.17. The Hall–Kier alpha value is -0.350. The van der Waals surface area contributed by atoms with Crippen LogP contribution in [-0.4, -0.2) is 9.96 Å². The van der Waals surface area contributed by atoms with Crippen LogP contribution in [0, 0.1) is 5.92 Å². The lowest BCUT2D eigenvalue weighted by Gasteiger charge is -2.09. The molecule has 1 aromatic carbocycles. The second kappa shape index (κ2) is 5.66. The van der Waals surface area contributed by atoms with Crippen molar-refractivity contribution in [3.8, 4) is 0 Å². The van der Waals surface area contributed by atoms with E-state index in [0.29, 0.717) is 17.4 Å². The molecule has 0 aliphatic carbocycles. The van der Waals surface area contributed by atoms with Crippen LogP contribution in [-0.2, 0) is 10.8 Å². The molecule has 0 aliphatic heterocycles. The highest BCUT2D eigenvalue weighted by atomic mass is 79.9. The fraction of sp³-hybridized carbons (Fsp3) is 0.455. The van der Waals surface area contributed by atoms with Gasteiger partial charge in [0, 0.05) is 15.9 Å². The summed E-state index contributed by atoms with van der Waals surface area (Å²) in [5, 5.41) is 0. The van der Waals surface area contributed by atoms with E-state index < -0.39 is 10.8 Å².